The van der Waals surface area contributed by atoms with Gasteiger partial charge in [0.25, 0.3) is 5.91 Å². The van der Waals surface area contributed by atoms with E-state index >= 15 is 0 Å². The highest BCUT2D eigenvalue weighted by Gasteiger charge is 2.23. The van der Waals surface area contributed by atoms with Gasteiger partial charge in [0.05, 0.1) is 23.2 Å². The molecule has 0 N–H and O–H groups in total. The summed E-state index contributed by atoms with van der Waals surface area (Å²) in [5.74, 6) is -1.20. The van der Waals surface area contributed by atoms with E-state index < -0.39 is 5.92 Å². The normalized spacial score (nSPS) is 11.8. The van der Waals surface area contributed by atoms with Gasteiger partial charge >= 0.3 is 5.97 Å². The van der Waals surface area contributed by atoms with Crippen LogP contribution in [0.1, 0.15) is 28.2 Å². The molecule has 1 amide bonds. The zero-order valence-electron chi connectivity index (χ0n) is 18.2. The number of rotatable bonds is 5. The number of aryl methyl sites for hydroxylation is 2. The molecule has 0 atom stereocenters. The molecule has 0 aliphatic carbocycles. The van der Waals surface area contributed by atoms with Crippen molar-refractivity contribution < 1.29 is 14.3 Å². The van der Waals surface area contributed by atoms with Gasteiger partial charge in [-0.1, -0.05) is 78.1 Å². The molecule has 1 aromatic heterocycles. The van der Waals surface area contributed by atoms with Crippen LogP contribution < -0.4 is 4.80 Å². The number of thiazole rings is 1. The Balaban J connectivity index is 1.90. The fourth-order valence-electron chi connectivity index (χ4n) is 3.87. The van der Waals surface area contributed by atoms with E-state index in [1.54, 1.807) is 4.57 Å². The molecule has 0 aliphatic heterocycles. The second-order valence-electron chi connectivity index (χ2n) is 7.68. The van der Waals surface area contributed by atoms with Gasteiger partial charge < -0.3 is 9.30 Å². The lowest BCUT2D eigenvalue weighted by Gasteiger charge is -2.14. The van der Waals surface area contributed by atoms with E-state index in [1.807, 2.05) is 80.6 Å². The monoisotopic (exact) mass is 444 g/mol. The summed E-state index contributed by atoms with van der Waals surface area (Å²) >= 11 is 1.42. The quantitative estimate of drug-likeness (QED) is 0.417. The number of carbonyl (C=O) groups excluding carboxylic acids is 2. The molecular weight excluding hydrogens is 420 g/mol. The predicted molar refractivity (Wildman–Crippen MR) is 127 cm³/mol. The first kappa shape index (κ1) is 21.7. The van der Waals surface area contributed by atoms with Crippen molar-refractivity contribution >= 4 is 33.4 Å². The molecule has 0 bridgehead atoms. The van der Waals surface area contributed by atoms with Crippen LogP contribution >= 0.6 is 11.3 Å². The zero-order valence-corrected chi connectivity index (χ0v) is 19.1. The van der Waals surface area contributed by atoms with Crippen LogP contribution in [-0.4, -0.2) is 23.6 Å². The van der Waals surface area contributed by atoms with E-state index in [0.717, 1.165) is 32.5 Å². The molecule has 0 radical (unpaired) electrons. The molecular formula is C26H24N2O3S. The first-order chi connectivity index (χ1) is 15.5. The van der Waals surface area contributed by atoms with Crippen LogP contribution in [0.5, 0.6) is 0 Å². The molecule has 0 spiro atoms. The van der Waals surface area contributed by atoms with E-state index in [-0.39, 0.29) is 18.4 Å². The van der Waals surface area contributed by atoms with Gasteiger partial charge in [0.15, 0.2) is 4.80 Å². The summed E-state index contributed by atoms with van der Waals surface area (Å²) in [6, 6.07) is 23.4. The Hall–Kier alpha value is -3.51. The number of hydrogen-bond donors (Lipinski definition) is 0. The lowest BCUT2D eigenvalue weighted by Crippen LogP contribution is -2.24. The van der Waals surface area contributed by atoms with Crippen LogP contribution in [0, 0.1) is 13.8 Å². The maximum Gasteiger partial charge on any atom is 0.325 e. The second kappa shape index (κ2) is 9.32. The molecule has 6 heteroatoms. The lowest BCUT2D eigenvalue weighted by atomic mass is 9.91. The van der Waals surface area contributed by atoms with Crippen LogP contribution in [0.4, 0.5) is 0 Å². The first-order valence-electron chi connectivity index (χ1n) is 10.3. The highest BCUT2D eigenvalue weighted by Crippen LogP contribution is 2.27. The SMILES string of the molecule is COC(=O)Cn1c(=NC(=O)C(c2ccccc2)c2ccccc2)sc2c(C)cc(C)cc21. The Bertz CT molecular complexity index is 1300. The zero-order chi connectivity index (χ0) is 22.7. The number of aromatic nitrogens is 1. The van der Waals surface area contributed by atoms with E-state index in [0.29, 0.717) is 4.80 Å². The van der Waals surface area contributed by atoms with Gasteiger partial charge in [-0.15, -0.1) is 0 Å². The Morgan fingerprint density at radius 1 is 0.969 bits per heavy atom. The van der Waals surface area contributed by atoms with Crippen LogP contribution in [0.2, 0.25) is 0 Å². The number of ether oxygens (including phenoxy) is 1. The van der Waals surface area contributed by atoms with Crippen molar-refractivity contribution in [1.82, 2.24) is 4.57 Å². The average Bonchev–Trinajstić information content (AvgIpc) is 3.12. The van der Waals surface area contributed by atoms with Crippen molar-refractivity contribution in [3.8, 4) is 0 Å². The number of nitrogens with zero attached hydrogens (tertiary/aromatic N) is 2. The van der Waals surface area contributed by atoms with Gasteiger partial charge in [-0.05, 0) is 42.2 Å². The maximum absolute atomic E-state index is 13.6. The molecule has 32 heavy (non-hydrogen) atoms. The molecule has 0 fully saturated rings. The third-order valence-corrected chi connectivity index (χ3v) is 6.58. The van der Waals surface area contributed by atoms with Gasteiger partial charge in [-0.3, -0.25) is 9.59 Å². The minimum atomic E-state index is -0.531. The van der Waals surface area contributed by atoms with Crippen LogP contribution in [0.15, 0.2) is 77.8 Å². The molecule has 0 aliphatic rings. The number of fused-ring (bicyclic) bond motifs is 1. The number of methoxy groups -OCH3 is 1. The second-order valence-corrected chi connectivity index (χ2v) is 8.66. The van der Waals surface area contributed by atoms with Crippen molar-refractivity contribution in [1.29, 1.82) is 0 Å². The van der Waals surface area contributed by atoms with E-state index in [2.05, 4.69) is 11.1 Å². The minimum absolute atomic E-state index is 0.00710. The van der Waals surface area contributed by atoms with E-state index in [4.69, 9.17) is 4.74 Å². The molecule has 1 heterocycles. The standard InChI is InChI=1S/C26H24N2O3S/c1-17-14-18(2)24-21(15-17)28(16-22(29)31-3)26(32-24)27-25(30)23(19-10-6-4-7-11-19)20-12-8-5-9-13-20/h4-15,23H,16H2,1-3H3. The average molecular weight is 445 g/mol. The molecule has 0 saturated carbocycles. The number of amides is 1. The van der Waals surface area contributed by atoms with Crippen molar-refractivity contribution in [2.24, 2.45) is 4.99 Å². The smallest absolute Gasteiger partial charge is 0.325 e. The van der Waals surface area contributed by atoms with Gasteiger partial charge in [-0.2, -0.15) is 4.99 Å². The molecule has 0 saturated heterocycles. The fraction of sp³-hybridized carbons (Fsp3) is 0.192. The Morgan fingerprint density at radius 2 is 1.56 bits per heavy atom. The minimum Gasteiger partial charge on any atom is -0.468 e. The van der Waals surface area contributed by atoms with Crippen LogP contribution in [0.25, 0.3) is 10.2 Å². The Morgan fingerprint density at radius 3 is 2.12 bits per heavy atom. The number of esters is 1. The highest BCUT2D eigenvalue weighted by molar-refractivity contribution is 7.16. The Kier molecular flexibility index (Phi) is 6.32. The third-order valence-electron chi connectivity index (χ3n) is 5.35. The molecule has 4 aromatic rings. The highest BCUT2D eigenvalue weighted by atomic mass is 32.1. The predicted octanol–water partition coefficient (Wildman–Crippen LogP) is 4.75. The third kappa shape index (κ3) is 4.41. The summed E-state index contributed by atoms with van der Waals surface area (Å²) in [7, 11) is 1.36. The summed E-state index contributed by atoms with van der Waals surface area (Å²) in [5.41, 5.74) is 4.79. The number of benzene rings is 3. The Labute approximate surface area is 190 Å². The van der Waals surface area contributed by atoms with Crippen molar-refractivity contribution in [2.75, 3.05) is 7.11 Å². The van der Waals surface area contributed by atoms with Gasteiger partial charge in [0.2, 0.25) is 0 Å². The van der Waals surface area contributed by atoms with Crippen LogP contribution in [0.3, 0.4) is 0 Å². The summed E-state index contributed by atoms with van der Waals surface area (Å²) < 4.78 is 7.67. The van der Waals surface area contributed by atoms with Crippen molar-refractivity contribution in [2.45, 2.75) is 26.3 Å². The summed E-state index contributed by atoms with van der Waals surface area (Å²) in [4.78, 5) is 30.7. The molecule has 4 rings (SSSR count). The summed E-state index contributed by atoms with van der Waals surface area (Å²) in [6.07, 6.45) is 0. The molecule has 162 valence electrons. The van der Waals surface area contributed by atoms with Crippen LogP contribution in [-0.2, 0) is 20.9 Å². The van der Waals surface area contributed by atoms with E-state index in [1.165, 1.54) is 18.4 Å². The van der Waals surface area contributed by atoms with Gasteiger partial charge in [0, 0.05) is 0 Å². The summed E-state index contributed by atoms with van der Waals surface area (Å²) in [5, 5.41) is 0. The van der Waals surface area contributed by atoms with Crippen molar-refractivity contribution in [3.63, 3.8) is 0 Å². The number of hydrogen-bond acceptors (Lipinski definition) is 4. The molecule has 3 aromatic carbocycles. The molecule has 5 nitrogen and oxygen atoms in total. The summed E-state index contributed by atoms with van der Waals surface area (Å²) in [6.45, 7) is 4.03. The number of carbonyl (C=O) groups is 2. The van der Waals surface area contributed by atoms with Gasteiger partial charge in [-0.25, -0.2) is 0 Å². The topological polar surface area (TPSA) is 60.7 Å². The van der Waals surface area contributed by atoms with Gasteiger partial charge in [0.1, 0.15) is 6.54 Å². The van der Waals surface area contributed by atoms with E-state index in [9.17, 15) is 9.59 Å². The van der Waals surface area contributed by atoms with Crippen molar-refractivity contribution in [3.05, 3.63) is 99.9 Å². The first-order valence-corrected chi connectivity index (χ1v) is 11.2. The lowest BCUT2D eigenvalue weighted by molar-refractivity contribution is -0.141. The fourth-order valence-corrected chi connectivity index (χ4v) is 4.96. The largest absolute Gasteiger partial charge is 0.468 e. The molecule has 0 unspecified atom stereocenters. The maximum atomic E-state index is 13.6.